The molecule has 0 aliphatic rings. The average molecular weight is 223 g/mol. The van der Waals surface area contributed by atoms with E-state index in [1.54, 1.807) is 13.2 Å². The molecule has 0 unspecified atom stereocenters. The topological polar surface area (TPSA) is 56.3 Å². The minimum absolute atomic E-state index is 0.546. The van der Waals surface area contributed by atoms with Gasteiger partial charge < -0.3 is 14.8 Å². The van der Waals surface area contributed by atoms with Crippen molar-refractivity contribution in [3.8, 4) is 5.88 Å². The van der Waals surface area contributed by atoms with Crippen LogP contribution in [-0.4, -0.2) is 36.8 Å². The van der Waals surface area contributed by atoms with Gasteiger partial charge in [0.15, 0.2) is 0 Å². The maximum absolute atomic E-state index is 5.34. The lowest BCUT2D eigenvalue weighted by Crippen LogP contribution is -2.11. The Kier molecular flexibility index (Phi) is 5.95. The minimum Gasteiger partial charge on any atom is -0.481 e. The summed E-state index contributed by atoms with van der Waals surface area (Å²) in [4.78, 5) is 7.96. The first-order chi connectivity index (χ1) is 7.86. The second-order valence-corrected chi connectivity index (χ2v) is 3.06. The van der Waals surface area contributed by atoms with Crippen molar-refractivity contribution in [3.05, 3.63) is 25.0 Å². The normalized spacial score (nSPS) is 9.81. The van der Waals surface area contributed by atoms with Gasteiger partial charge in [0.2, 0.25) is 5.88 Å². The fourth-order valence-corrected chi connectivity index (χ4v) is 1.07. The van der Waals surface area contributed by atoms with E-state index in [0.29, 0.717) is 25.6 Å². The number of nitrogens with zero attached hydrogens (tertiary/aromatic N) is 2. The molecule has 0 amide bonds. The number of nitrogens with one attached hydrogen (secondary N) is 1. The van der Waals surface area contributed by atoms with E-state index in [1.165, 1.54) is 6.33 Å². The van der Waals surface area contributed by atoms with Crippen LogP contribution < -0.4 is 10.1 Å². The second kappa shape index (κ2) is 7.64. The van der Waals surface area contributed by atoms with E-state index in [1.807, 2.05) is 6.08 Å². The van der Waals surface area contributed by atoms with Gasteiger partial charge in [0, 0.05) is 12.6 Å². The largest absolute Gasteiger partial charge is 0.481 e. The molecule has 0 aliphatic heterocycles. The number of ether oxygens (including phenoxy) is 2. The Hall–Kier alpha value is -1.62. The number of hydrogen-bond donors (Lipinski definition) is 1. The molecule has 5 heteroatoms. The number of aromatic nitrogens is 2. The van der Waals surface area contributed by atoms with E-state index < -0.39 is 0 Å². The molecular formula is C11H17N3O2. The highest BCUT2D eigenvalue weighted by molar-refractivity contribution is 5.36. The maximum Gasteiger partial charge on any atom is 0.218 e. The van der Waals surface area contributed by atoms with Crippen LogP contribution in [-0.2, 0) is 4.74 Å². The van der Waals surface area contributed by atoms with Crippen molar-refractivity contribution in [3.63, 3.8) is 0 Å². The number of anilines is 1. The fourth-order valence-electron chi connectivity index (χ4n) is 1.07. The highest BCUT2D eigenvalue weighted by Gasteiger charge is 1.96. The molecule has 0 bridgehead atoms. The van der Waals surface area contributed by atoms with Gasteiger partial charge in [-0.3, -0.25) is 0 Å². The molecule has 5 nitrogen and oxygen atoms in total. The molecule has 88 valence electrons. The molecule has 1 N–H and O–H groups in total. The SMILES string of the molecule is C=CCCOCCNc1cc(OC)ncn1. The van der Waals surface area contributed by atoms with Gasteiger partial charge in [-0.1, -0.05) is 6.08 Å². The van der Waals surface area contributed by atoms with Crippen molar-refractivity contribution >= 4 is 5.82 Å². The summed E-state index contributed by atoms with van der Waals surface area (Å²) in [5.74, 6) is 1.28. The summed E-state index contributed by atoms with van der Waals surface area (Å²) in [5, 5.41) is 3.11. The van der Waals surface area contributed by atoms with Gasteiger partial charge in [-0.15, -0.1) is 6.58 Å². The van der Waals surface area contributed by atoms with Crippen LogP contribution in [0.2, 0.25) is 0 Å². The van der Waals surface area contributed by atoms with E-state index in [-0.39, 0.29) is 0 Å². The van der Waals surface area contributed by atoms with Gasteiger partial charge in [0.25, 0.3) is 0 Å². The average Bonchev–Trinajstić information content (AvgIpc) is 2.34. The monoisotopic (exact) mass is 223 g/mol. The van der Waals surface area contributed by atoms with Crippen LogP contribution in [0.5, 0.6) is 5.88 Å². The van der Waals surface area contributed by atoms with Crippen LogP contribution in [0.1, 0.15) is 6.42 Å². The predicted molar refractivity (Wildman–Crippen MR) is 62.7 cm³/mol. The molecule has 0 radical (unpaired) electrons. The Morgan fingerprint density at radius 1 is 1.44 bits per heavy atom. The zero-order valence-electron chi connectivity index (χ0n) is 9.48. The molecule has 0 atom stereocenters. The first-order valence-electron chi connectivity index (χ1n) is 5.15. The lowest BCUT2D eigenvalue weighted by Gasteiger charge is -2.06. The van der Waals surface area contributed by atoms with E-state index in [4.69, 9.17) is 9.47 Å². The van der Waals surface area contributed by atoms with Crippen molar-refractivity contribution in [2.75, 3.05) is 32.2 Å². The molecule has 0 aliphatic carbocycles. The molecule has 0 spiro atoms. The summed E-state index contributed by atoms with van der Waals surface area (Å²) in [5.41, 5.74) is 0. The zero-order chi connectivity index (χ0) is 11.6. The van der Waals surface area contributed by atoms with Crippen molar-refractivity contribution in [1.82, 2.24) is 9.97 Å². The Morgan fingerprint density at radius 3 is 3.06 bits per heavy atom. The molecule has 0 aromatic carbocycles. The summed E-state index contributed by atoms with van der Waals surface area (Å²) in [6.45, 7) is 5.67. The van der Waals surface area contributed by atoms with Gasteiger partial charge >= 0.3 is 0 Å². The molecule has 0 saturated carbocycles. The standard InChI is InChI=1S/C11H17N3O2/c1-3-4-6-16-7-5-12-10-8-11(15-2)14-9-13-10/h3,8-9H,1,4-7H2,2H3,(H,12,13,14). The Morgan fingerprint density at radius 2 is 2.31 bits per heavy atom. The molecule has 1 aromatic rings. The number of hydrogen-bond acceptors (Lipinski definition) is 5. The van der Waals surface area contributed by atoms with Crippen molar-refractivity contribution in [1.29, 1.82) is 0 Å². The van der Waals surface area contributed by atoms with E-state index in [2.05, 4.69) is 21.9 Å². The lowest BCUT2D eigenvalue weighted by atomic mass is 10.4. The van der Waals surface area contributed by atoms with Gasteiger partial charge in [-0.25, -0.2) is 9.97 Å². The summed E-state index contributed by atoms with van der Waals surface area (Å²) in [7, 11) is 1.57. The summed E-state index contributed by atoms with van der Waals surface area (Å²) >= 11 is 0. The Balaban J connectivity index is 2.18. The molecule has 16 heavy (non-hydrogen) atoms. The van der Waals surface area contributed by atoms with Crippen LogP contribution in [0.25, 0.3) is 0 Å². The highest BCUT2D eigenvalue weighted by Crippen LogP contribution is 2.09. The summed E-state index contributed by atoms with van der Waals surface area (Å²) in [6.07, 6.45) is 4.17. The van der Waals surface area contributed by atoms with Crippen LogP contribution in [0.4, 0.5) is 5.82 Å². The van der Waals surface area contributed by atoms with Crippen LogP contribution in [0.15, 0.2) is 25.0 Å². The molecule has 0 fully saturated rings. The molecular weight excluding hydrogens is 206 g/mol. The number of rotatable bonds is 8. The fraction of sp³-hybridized carbons (Fsp3) is 0.455. The van der Waals surface area contributed by atoms with Crippen LogP contribution in [0, 0.1) is 0 Å². The van der Waals surface area contributed by atoms with Crippen LogP contribution >= 0.6 is 0 Å². The van der Waals surface area contributed by atoms with Gasteiger partial charge in [-0.05, 0) is 6.42 Å². The van der Waals surface area contributed by atoms with Crippen molar-refractivity contribution in [2.45, 2.75) is 6.42 Å². The van der Waals surface area contributed by atoms with Gasteiger partial charge in [0.1, 0.15) is 12.1 Å². The maximum atomic E-state index is 5.34. The van der Waals surface area contributed by atoms with Crippen LogP contribution in [0.3, 0.4) is 0 Å². The van der Waals surface area contributed by atoms with Gasteiger partial charge in [0.05, 0.1) is 20.3 Å². The lowest BCUT2D eigenvalue weighted by molar-refractivity contribution is 0.149. The first kappa shape index (κ1) is 12.4. The third kappa shape index (κ3) is 4.75. The zero-order valence-corrected chi connectivity index (χ0v) is 9.48. The molecule has 1 rings (SSSR count). The third-order valence-corrected chi connectivity index (χ3v) is 1.87. The Labute approximate surface area is 95.5 Å². The quantitative estimate of drug-likeness (QED) is 0.534. The molecule has 0 saturated heterocycles. The molecule has 1 aromatic heterocycles. The summed E-state index contributed by atoms with van der Waals surface area (Å²) in [6, 6.07) is 1.74. The highest BCUT2D eigenvalue weighted by atomic mass is 16.5. The predicted octanol–water partition coefficient (Wildman–Crippen LogP) is 1.49. The summed E-state index contributed by atoms with van der Waals surface area (Å²) < 4.78 is 10.3. The van der Waals surface area contributed by atoms with E-state index in [0.717, 1.165) is 12.2 Å². The first-order valence-corrected chi connectivity index (χ1v) is 5.15. The molecule has 1 heterocycles. The second-order valence-electron chi connectivity index (χ2n) is 3.06. The van der Waals surface area contributed by atoms with Crippen molar-refractivity contribution in [2.24, 2.45) is 0 Å². The minimum atomic E-state index is 0.546. The van der Waals surface area contributed by atoms with E-state index >= 15 is 0 Å². The third-order valence-electron chi connectivity index (χ3n) is 1.87. The smallest absolute Gasteiger partial charge is 0.218 e. The number of methoxy groups -OCH3 is 1. The Bertz CT molecular complexity index is 318. The van der Waals surface area contributed by atoms with E-state index in [9.17, 15) is 0 Å². The van der Waals surface area contributed by atoms with Crippen molar-refractivity contribution < 1.29 is 9.47 Å². The van der Waals surface area contributed by atoms with Gasteiger partial charge in [-0.2, -0.15) is 0 Å².